The Bertz CT molecular complexity index is 553. The zero-order valence-electron chi connectivity index (χ0n) is 11.3. The molecule has 0 heterocycles. The van der Waals surface area contributed by atoms with E-state index < -0.39 is 10.0 Å². The summed E-state index contributed by atoms with van der Waals surface area (Å²) in [6.45, 7) is 5.85. The van der Waals surface area contributed by atoms with E-state index in [0.29, 0.717) is 17.9 Å². The van der Waals surface area contributed by atoms with Crippen LogP contribution in [0.1, 0.15) is 6.92 Å². The highest BCUT2D eigenvalue weighted by Crippen LogP contribution is 2.14. The van der Waals surface area contributed by atoms with Crippen molar-refractivity contribution in [3.8, 4) is 0 Å². The molecule has 0 fully saturated rings. The number of carbonyl (C=O) groups is 1. The van der Waals surface area contributed by atoms with Gasteiger partial charge in [-0.2, -0.15) is 0 Å². The minimum atomic E-state index is -3.28. The first-order valence-electron chi connectivity index (χ1n) is 6.19. The minimum Gasteiger partial charge on any atom is -0.325 e. The van der Waals surface area contributed by atoms with Gasteiger partial charge in [0.05, 0.1) is 12.3 Å². The third-order valence-electron chi connectivity index (χ3n) is 2.40. The van der Waals surface area contributed by atoms with Gasteiger partial charge < -0.3 is 10.6 Å². The van der Waals surface area contributed by atoms with Crippen LogP contribution in [-0.2, 0) is 14.8 Å². The van der Waals surface area contributed by atoms with Crippen molar-refractivity contribution in [2.24, 2.45) is 0 Å². The zero-order valence-corrected chi connectivity index (χ0v) is 12.2. The maximum Gasteiger partial charge on any atom is 0.238 e. The summed E-state index contributed by atoms with van der Waals surface area (Å²) < 4.78 is 25.2. The number of amides is 1. The van der Waals surface area contributed by atoms with Gasteiger partial charge in [0.2, 0.25) is 15.9 Å². The van der Waals surface area contributed by atoms with Gasteiger partial charge >= 0.3 is 0 Å². The Morgan fingerprint density at radius 1 is 1.25 bits per heavy atom. The lowest BCUT2D eigenvalue weighted by atomic mass is 10.3. The molecule has 0 aromatic heterocycles. The summed E-state index contributed by atoms with van der Waals surface area (Å²) in [5, 5.41) is 5.58. The molecule has 3 N–H and O–H groups in total. The summed E-state index contributed by atoms with van der Waals surface area (Å²) in [5.74, 6) is -0.158. The molecular weight excluding hydrogens is 278 g/mol. The molecule has 6 nitrogen and oxygen atoms in total. The summed E-state index contributed by atoms with van der Waals surface area (Å²) in [6.07, 6.45) is 1.67. The molecule has 1 aromatic carbocycles. The molecule has 0 aliphatic carbocycles. The normalized spacial score (nSPS) is 10.8. The van der Waals surface area contributed by atoms with E-state index in [2.05, 4.69) is 21.9 Å². The van der Waals surface area contributed by atoms with E-state index in [1.807, 2.05) is 0 Å². The first-order valence-corrected chi connectivity index (χ1v) is 7.84. The van der Waals surface area contributed by atoms with Crippen molar-refractivity contribution < 1.29 is 13.2 Å². The number of hydrogen-bond donors (Lipinski definition) is 3. The molecule has 0 bridgehead atoms. The third kappa shape index (κ3) is 5.85. The standard InChI is InChI=1S/C13H19N3O3S/c1-3-9-14-10-13(17)15-11-5-7-12(8-6-11)16-20(18,19)4-2/h3,5-8,14,16H,1,4,9-10H2,2H3,(H,15,17). The Hall–Kier alpha value is -1.86. The maximum absolute atomic E-state index is 11.5. The molecule has 1 amide bonds. The van der Waals surface area contributed by atoms with Gasteiger partial charge in [0.1, 0.15) is 0 Å². The van der Waals surface area contributed by atoms with Gasteiger partial charge in [0.25, 0.3) is 0 Å². The number of rotatable bonds is 8. The van der Waals surface area contributed by atoms with Gasteiger partial charge in [-0.3, -0.25) is 9.52 Å². The molecule has 110 valence electrons. The van der Waals surface area contributed by atoms with Crippen LogP contribution in [0, 0.1) is 0 Å². The molecule has 0 atom stereocenters. The molecule has 20 heavy (non-hydrogen) atoms. The van der Waals surface area contributed by atoms with Crippen LogP contribution >= 0.6 is 0 Å². The van der Waals surface area contributed by atoms with Crippen molar-refractivity contribution in [3.63, 3.8) is 0 Å². The summed E-state index contributed by atoms with van der Waals surface area (Å²) in [7, 11) is -3.28. The fourth-order valence-electron chi connectivity index (χ4n) is 1.37. The Balaban J connectivity index is 2.54. The fraction of sp³-hybridized carbons (Fsp3) is 0.308. The van der Waals surface area contributed by atoms with Gasteiger partial charge in [0.15, 0.2) is 0 Å². The number of anilines is 2. The van der Waals surface area contributed by atoms with E-state index in [4.69, 9.17) is 0 Å². The molecule has 0 aliphatic rings. The van der Waals surface area contributed by atoms with Crippen LogP contribution in [-0.4, -0.2) is 33.2 Å². The molecule has 0 saturated carbocycles. The number of carbonyl (C=O) groups excluding carboxylic acids is 1. The van der Waals surface area contributed by atoms with Gasteiger partial charge in [-0.25, -0.2) is 8.42 Å². The number of nitrogens with one attached hydrogen (secondary N) is 3. The Kier molecular flexibility index (Phi) is 6.20. The summed E-state index contributed by atoms with van der Waals surface area (Å²) in [5.41, 5.74) is 1.07. The summed E-state index contributed by atoms with van der Waals surface area (Å²) >= 11 is 0. The molecule has 0 radical (unpaired) electrons. The van der Waals surface area contributed by atoms with E-state index in [9.17, 15) is 13.2 Å². The molecule has 1 rings (SSSR count). The van der Waals surface area contributed by atoms with Crippen molar-refractivity contribution in [3.05, 3.63) is 36.9 Å². The lowest BCUT2D eigenvalue weighted by molar-refractivity contribution is -0.115. The lowest BCUT2D eigenvalue weighted by Gasteiger charge is -2.08. The molecule has 7 heteroatoms. The fourth-order valence-corrected chi connectivity index (χ4v) is 2.01. The van der Waals surface area contributed by atoms with Crippen molar-refractivity contribution in [2.45, 2.75) is 6.92 Å². The summed E-state index contributed by atoms with van der Waals surface area (Å²) in [6, 6.07) is 6.47. The maximum atomic E-state index is 11.5. The van der Waals surface area contributed by atoms with E-state index in [-0.39, 0.29) is 18.2 Å². The smallest absolute Gasteiger partial charge is 0.238 e. The van der Waals surface area contributed by atoms with E-state index in [1.54, 1.807) is 37.3 Å². The lowest BCUT2D eigenvalue weighted by Crippen LogP contribution is -2.28. The highest BCUT2D eigenvalue weighted by atomic mass is 32.2. The second-order valence-electron chi connectivity index (χ2n) is 4.05. The second kappa shape index (κ2) is 7.66. The van der Waals surface area contributed by atoms with Crippen molar-refractivity contribution >= 4 is 27.3 Å². The number of hydrogen-bond acceptors (Lipinski definition) is 4. The minimum absolute atomic E-state index is 0.0143. The average Bonchev–Trinajstić information content (AvgIpc) is 2.41. The molecule has 0 aliphatic heterocycles. The van der Waals surface area contributed by atoms with Crippen LogP contribution in [0.5, 0.6) is 0 Å². The third-order valence-corrected chi connectivity index (χ3v) is 3.70. The molecule has 0 saturated heterocycles. The van der Waals surface area contributed by atoms with Crippen LogP contribution in [0.4, 0.5) is 11.4 Å². The molecule has 1 aromatic rings. The Morgan fingerprint density at radius 2 is 1.85 bits per heavy atom. The van der Waals surface area contributed by atoms with Gasteiger partial charge in [-0.15, -0.1) is 6.58 Å². The number of sulfonamides is 1. The van der Waals surface area contributed by atoms with Crippen LogP contribution in [0.2, 0.25) is 0 Å². The molecule has 0 unspecified atom stereocenters. The predicted octanol–water partition coefficient (Wildman–Crippen LogP) is 1.16. The Labute approximate surface area is 119 Å². The van der Waals surface area contributed by atoms with E-state index in [1.165, 1.54) is 0 Å². The van der Waals surface area contributed by atoms with Crippen molar-refractivity contribution in [1.82, 2.24) is 5.32 Å². The largest absolute Gasteiger partial charge is 0.325 e. The van der Waals surface area contributed by atoms with E-state index >= 15 is 0 Å². The van der Waals surface area contributed by atoms with Crippen molar-refractivity contribution in [2.75, 3.05) is 28.9 Å². The van der Waals surface area contributed by atoms with Crippen LogP contribution in [0.3, 0.4) is 0 Å². The second-order valence-corrected chi connectivity index (χ2v) is 6.06. The quantitative estimate of drug-likeness (QED) is 0.496. The van der Waals surface area contributed by atoms with Crippen LogP contribution < -0.4 is 15.4 Å². The monoisotopic (exact) mass is 297 g/mol. The van der Waals surface area contributed by atoms with Gasteiger partial charge in [0, 0.05) is 17.9 Å². The average molecular weight is 297 g/mol. The highest BCUT2D eigenvalue weighted by Gasteiger charge is 2.06. The highest BCUT2D eigenvalue weighted by molar-refractivity contribution is 7.92. The van der Waals surface area contributed by atoms with Gasteiger partial charge in [-0.05, 0) is 31.2 Å². The van der Waals surface area contributed by atoms with Crippen molar-refractivity contribution in [1.29, 1.82) is 0 Å². The first-order chi connectivity index (χ1) is 9.46. The Morgan fingerprint density at radius 3 is 2.40 bits per heavy atom. The van der Waals surface area contributed by atoms with Gasteiger partial charge in [-0.1, -0.05) is 6.08 Å². The summed E-state index contributed by atoms with van der Waals surface area (Å²) in [4.78, 5) is 11.5. The SMILES string of the molecule is C=CCNCC(=O)Nc1ccc(NS(=O)(=O)CC)cc1. The van der Waals surface area contributed by atoms with E-state index in [0.717, 1.165) is 0 Å². The zero-order chi connectivity index (χ0) is 15.0. The molecular formula is C13H19N3O3S. The topological polar surface area (TPSA) is 87.3 Å². The van der Waals surface area contributed by atoms with Crippen LogP contribution in [0.15, 0.2) is 36.9 Å². The first kappa shape index (κ1) is 16.2. The number of benzene rings is 1. The predicted molar refractivity (Wildman–Crippen MR) is 81.2 cm³/mol. The van der Waals surface area contributed by atoms with Crippen LogP contribution in [0.25, 0.3) is 0 Å². The molecule has 0 spiro atoms.